The maximum Gasteiger partial charge on any atom is 0.0295 e. The van der Waals surface area contributed by atoms with Crippen molar-refractivity contribution in [3.05, 3.63) is 34.9 Å². The van der Waals surface area contributed by atoms with Gasteiger partial charge in [-0.3, -0.25) is 0 Å². The summed E-state index contributed by atoms with van der Waals surface area (Å²) < 4.78 is 0. The van der Waals surface area contributed by atoms with Crippen molar-refractivity contribution in [3.63, 3.8) is 0 Å². The molecule has 102 valence electrons. The Kier molecular flexibility index (Phi) is 5.36. The zero-order valence-corrected chi connectivity index (χ0v) is 12.7. The molecule has 1 rings (SSSR count). The quantitative estimate of drug-likeness (QED) is 0.781. The summed E-state index contributed by atoms with van der Waals surface area (Å²) in [5.74, 6) is 0. The first-order valence-corrected chi connectivity index (χ1v) is 6.85. The van der Waals surface area contributed by atoms with Crippen LogP contribution in [0.4, 0.5) is 0 Å². The second-order valence-electron chi connectivity index (χ2n) is 6.21. The van der Waals surface area contributed by atoms with Crippen LogP contribution in [0, 0.1) is 13.8 Å². The number of aryl methyl sites for hydroxylation is 2. The van der Waals surface area contributed by atoms with Gasteiger partial charge in [0.2, 0.25) is 0 Å². The first-order chi connectivity index (χ1) is 8.29. The lowest BCUT2D eigenvalue weighted by Crippen LogP contribution is -2.40. The van der Waals surface area contributed by atoms with Crippen molar-refractivity contribution in [2.45, 2.75) is 53.1 Å². The van der Waals surface area contributed by atoms with Crippen molar-refractivity contribution >= 4 is 0 Å². The van der Waals surface area contributed by atoms with Gasteiger partial charge >= 0.3 is 0 Å². The molecule has 1 atom stereocenters. The average Bonchev–Trinajstić information content (AvgIpc) is 2.26. The summed E-state index contributed by atoms with van der Waals surface area (Å²) in [6, 6.07) is 7.07. The van der Waals surface area contributed by atoms with Crippen LogP contribution >= 0.6 is 0 Å². The lowest BCUT2D eigenvalue weighted by Gasteiger charge is -2.22. The first kappa shape index (κ1) is 15.2. The molecule has 0 heterocycles. The molecule has 0 spiro atoms. The van der Waals surface area contributed by atoms with Crippen LogP contribution in [-0.2, 0) is 0 Å². The Morgan fingerprint density at radius 1 is 1.11 bits per heavy atom. The predicted molar refractivity (Wildman–Crippen MR) is 80.1 cm³/mol. The van der Waals surface area contributed by atoms with Crippen LogP contribution in [0.1, 0.15) is 50.4 Å². The average molecular weight is 248 g/mol. The third-order valence-corrected chi connectivity index (χ3v) is 3.13. The van der Waals surface area contributed by atoms with E-state index in [9.17, 15) is 0 Å². The van der Waals surface area contributed by atoms with Crippen LogP contribution in [0.15, 0.2) is 18.2 Å². The lowest BCUT2D eigenvalue weighted by molar-refractivity contribution is 0.414. The summed E-state index contributed by atoms with van der Waals surface area (Å²) in [5.41, 5.74) is 4.30. The normalized spacial score (nSPS) is 13.7. The minimum atomic E-state index is 0.199. The standard InChI is InChI=1S/C16H28N2/c1-12-7-8-13(2)15(11-12)14(3)17-9-10-18-16(4,5)6/h7-8,11,14,17-18H,9-10H2,1-6H3. The van der Waals surface area contributed by atoms with Crippen molar-refractivity contribution in [2.75, 3.05) is 13.1 Å². The van der Waals surface area contributed by atoms with E-state index in [1.807, 2.05) is 0 Å². The van der Waals surface area contributed by atoms with E-state index < -0.39 is 0 Å². The Labute approximate surface area is 112 Å². The molecule has 0 amide bonds. The summed E-state index contributed by atoms with van der Waals surface area (Å²) in [7, 11) is 0. The fourth-order valence-corrected chi connectivity index (χ4v) is 2.06. The Morgan fingerprint density at radius 2 is 1.78 bits per heavy atom. The van der Waals surface area contributed by atoms with Crippen molar-refractivity contribution in [1.82, 2.24) is 10.6 Å². The monoisotopic (exact) mass is 248 g/mol. The molecule has 0 aliphatic rings. The molecule has 0 saturated heterocycles. The third-order valence-electron chi connectivity index (χ3n) is 3.13. The molecule has 0 aliphatic carbocycles. The van der Waals surface area contributed by atoms with Gasteiger partial charge in [0, 0.05) is 24.7 Å². The molecule has 18 heavy (non-hydrogen) atoms. The highest BCUT2D eigenvalue weighted by molar-refractivity contribution is 5.32. The lowest BCUT2D eigenvalue weighted by atomic mass is 10.00. The molecule has 1 aromatic carbocycles. The Balaban J connectivity index is 2.45. The molecule has 0 fully saturated rings. The number of hydrogen-bond donors (Lipinski definition) is 2. The van der Waals surface area contributed by atoms with Gasteiger partial charge in [-0.2, -0.15) is 0 Å². The number of hydrogen-bond acceptors (Lipinski definition) is 2. The van der Waals surface area contributed by atoms with Gasteiger partial charge in [-0.1, -0.05) is 23.8 Å². The highest BCUT2D eigenvalue weighted by Gasteiger charge is 2.10. The first-order valence-electron chi connectivity index (χ1n) is 6.85. The van der Waals surface area contributed by atoms with Crippen LogP contribution in [0.3, 0.4) is 0 Å². The smallest absolute Gasteiger partial charge is 0.0295 e. The van der Waals surface area contributed by atoms with Gasteiger partial charge < -0.3 is 10.6 Å². The van der Waals surface area contributed by atoms with Crippen molar-refractivity contribution in [3.8, 4) is 0 Å². The second-order valence-corrected chi connectivity index (χ2v) is 6.21. The van der Waals surface area contributed by atoms with Crippen LogP contribution in [0.25, 0.3) is 0 Å². The SMILES string of the molecule is Cc1ccc(C)c(C(C)NCCNC(C)(C)C)c1. The van der Waals surface area contributed by atoms with E-state index in [1.54, 1.807) is 0 Å². The van der Waals surface area contributed by atoms with Gasteiger partial charge in [-0.25, -0.2) is 0 Å². The van der Waals surface area contributed by atoms with Gasteiger partial charge in [0.1, 0.15) is 0 Å². The minimum absolute atomic E-state index is 0.199. The molecule has 0 aromatic heterocycles. The number of nitrogens with one attached hydrogen (secondary N) is 2. The molecule has 2 nitrogen and oxygen atoms in total. The van der Waals surface area contributed by atoms with Crippen LogP contribution in [-0.4, -0.2) is 18.6 Å². The molecular formula is C16H28N2. The Hall–Kier alpha value is -0.860. The molecule has 0 aliphatic heterocycles. The summed E-state index contributed by atoms with van der Waals surface area (Å²) in [6.45, 7) is 15.1. The minimum Gasteiger partial charge on any atom is -0.311 e. The largest absolute Gasteiger partial charge is 0.311 e. The highest BCUT2D eigenvalue weighted by atomic mass is 15.0. The number of benzene rings is 1. The molecule has 2 N–H and O–H groups in total. The third kappa shape index (κ3) is 5.19. The molecule has 0 bridgehead atoms. The molecule has 0 saturated carbocycles. The number of rotatable bonds is 5. The topological polar surface area (TPSA) is 24.1 Å². The predicted octanol–water partition coefficient (Wildman–Crippen LogP) is 3.34. The molecule has 2 heteroatoms. The zero-order chi connectivity index (χ0) is 13.8. The molecule has 1 aromatic rings. The fourth-order valence-electron chi connectivity index (χ4n) is 2.06. The molecule has 0 radical (unpaired) electrons. The van der Waals surface area contributed by atoms with Gasteiger partial charge in [-0.05, 0) is 52.7 Å². The Morgan fingerprint density at radius 3 is 2.39 bits per heavy atom. The van der Waals surface area contributed by atoms with Gasteiger partial charge in [0.05, 0.1) is 0 Å². The van der Waals surface area contributed by atoms with Crippen LogP contribution in [0.2, 0.25) is 0 Å². The van der Waals surface area contributed by atoms with Crippen molar-refractivity contribution in [1.29, 1.82) is 0 Å². The van der Waals surface area contributed by atoms with Crippen molar-refractivity contribution in [2.24, 2.45) is 0 Å². The van der Waals surface area contributed by atoms with Gasteiger partial charge in [0.25, 0.3) is 0 Å². The maximum atomic E-state index is 3.58. The van der Waals surface area contributed by atoms with E-state index >= 15 is 0 Å². The van der Waals surface area contributed by atoms with E-state index in [-0.39, 0.29) is 5.54 Å². The summed E-state index contributed by atoms with van der Waals surface area (Å²) in [6.07, 6.45) is 0. The fraction of sp³-hybridized carbons (Fsp3) is 0.625. The summed E-state index contributed by atoms with van der Waals surface area (Å²) in [5, 5.41) is 7.07. The maximum absolute atomic E-state index is 3.58. The van der Waals surface area contributed by atoms with E-state index in [2.05, 4.69) is 70.4 Å². The highest BCUT2D eigenvalue weighted by Crippen LogP contribution is 2.18. The summed E-state index contributed by atoms with van der Waals surface area (Å²) in [4.78, 5) is 0. The van der Waals surface area contributed by atoms with Crippen LogP contribution < -0.4 is 10.6 Å². The van der Waals surface area contributed by atoms with E-state index in [0.717, 1.165) is 13.1 Å². The second kappa shape index (κ2) is 6.35. The van der Waals surface area contributed by atoms with E-state index in [4.69, 9.17) is 0 Å². The van der Waals surface area contributed by atoms with Gasteiger partial charge in [0.15, 0.2) is 0 Å². The van der Waals surface area contributed by atoms with Crippen LogP contribution in [0.5, 0.6) is 0 Å². The van der Waals surface area contributed by atoms with E-state index in [1.165, 1.54) is 16.7 Å². The Bertz CT molecular complexity index is 377. The molecule has 1 unspecified atom stereocenters. The van der Waals surface area contributed by atoms with Crippen molar-refractivity contribution < 1.29 is 0 Å². The summed E-state index contributed by atoms with van der Waals surface area (Å²) >= 11 is 0. The van der Waals surface area contributed by atoms with Gasteiger partial charge in [-0.15, -0.1) is 0 Å². The molecular weight excluding hydrogens is 220 g/mol. The van der Waals surface area contributed by atoms with E-state index in [0.29, 0.717) is 6.04 Å². The zero-order valence-electron chi connectivity index (χ0n) is 12.7.